The fourth-order valence-corrected chi connectivity index (χ4v) is 1.90. The normalized spacial score (nSPS) is 14.0. The summed E-state index contributed by atoms with van der Waals surface area (Å²) in [6.45, 7) is 4.98. The van der Waals surface area contributed by atoms with Gasteiger partial charge in [0.2, 0.25) is 5.91 Å². The summed E-state index contributed by atoms with van der Waals surface area (Å²) in [5.41, 5.74) is 1.05. The molecule has 0 bridgehead atoms. The van der Waals surface area contributed by atoms with Crippen molar-refractivity contribution < 1.29 is 9.59 Å². The van der Waals surface area contributed by atoms with Gasteiger partial charge in [-0.3, -0.25) is 9.59 Å². The van der Waals surface area contributed by atoms with Crippen LogP contribution in [0.3, 0.4) is 0 Å². The van der Waals surface area contributed by atoms with Crippen molar-refractivity contribution in [3.63, 3.8) is 0 Å². The van der Waals surface area contributed by atoms with Gasteiger partial charge < -0.3 is 16.0 Å². The summed E-state index contributed by atoms with van der Waals surface area (Å²) < 4.78 is 0. The molecule has 0 atom stereocenters. The number of para-hydroxylation sites is 1. The van der Waals surface area contributed by atoms with Gasteiger partial charge in [-0.15, -0.1) is 0 Å². The third kappa shape index (κ3) is 5.19. The fraction of sp³-hybridized carbons (Fsp3) is 0.500. The van der Waals surface area contributed by atoms with Crippen molar-refractivity contribution in [2.75, 3.05) is 18.4 Å². The first-order valence-corrected chi connectivity index (χ1v) is 7.46. The van der Waals surface area contributed by atoms with Crippen LogP contribution in [0, 0.1) is 5.92 Å². The Morgan fingerprint density at radius 1 is 1.24 bits per heavy atom. The van der Waals surface area contributed by atoms with E-state index in [-0.39, 0.29) is 18.4 Å². The van der Waals surface area contributed by atoms with Crippen LogP contribution in [0.4, 0.5) is 5.69 Å². The van der Waals surface area contributed by atoms with Gasteiger partial charge in [0.15, 0.2) is 0 Å². The number of anilines is 1. The molecule has 0 saturated heterocycles. The number of hydrogen-bond donors (Lipinski definition) is 3. The van der Waals surface area contributed by atoms with Gasteiger partial charge in [0.1, 0.15) is 0 Å². The zero-order valence-corrected chi connectivity index (χ0v) is 12.6. The quantitative estimate of drug-likeness (QED) is 0.716. The van der Waals surface area contributed by atoms with Crippen molar-refractivity contribution in [3.8, 4) is 0 Å². The number of nitrogens with one attached hydrogen (secondary N) is 3. The Hall–Kier alpha value is -1.88. The van der Waals surface area contributed by atoms with Crippen LogP contribution in [0.15, 0.2) is 24.3 Å². The average Bonchev–Trinajstić information content (AvgIpc) is 3.27. The van der Waals surface area contributed by atoms with Crippen LogP contribution in [0.5, 0.6) is 0 Å². The highest BCUT2D eigenvalue weighted by Crippen LogP contribution is 2.18. The predicted molar refractivity (Wildman–Crippen MR) is 83.3 cm³/mol. The van der Waals surface area contributed by atoms with Crippen molar-refractivity contribution in [2.45, 2.75) is 32.7 Å². The SMILES string of the molecule is CC(C)CNC(=O)c1ccccc1NC(=O)CNC1CC1. The topological polar surface area (TPSA) is 70.2 Å². The zero-order valence-electron chi connectivity index (χ0n) is 12.6. The standard InChI is InChI=1S/C16H23N3O2/c1-11(2)9-18-16(21)13-5-3-4-6-14(13)19-15(20)10-17-12-7-8-12/h3-6,11-12,17H,7-10H2,1-2H3,(H,18,21)(H,19,20). The Bertz CT molecular complexity index is 510. The van der Waals surface area contributed by atoms with E-state index >= 15 is 0 Å². The molecule has 5 heteroatoms. The summed E-state index contributed by atoms with van der Waals surface area (Å²) in [6, 6.07) is 7.56. The van der Waals surface area contributed by atoms with Crippen molar-refractivity contribution in [3.05, 3.63) is 29.8 Å². The Kier molecular flexibility index (Phi) is 5.33. The Morgan fingerprint density at radius 3 is 2.62 bits per heavy atom. The number of benzene rings is 1. The molecule has 1 aliphatic rings. The maximum Gasteiger partial charge on any atom is 0.253 e. The predicted octanol–water partition coefficient (Wildman–Crippen LogP) is 1.76. The smallest absolute Gasteiger partial charge is 0.253 e. The maximum atomic E-state index is 12.1. The minimum atomic E-state index is -0.158. The van der Waals surface area contributed by atoms with Crippen LogP contribution in [0.2, 0.25) is 0 Å². The third-order valence-corrected chi connectivity index (χ3v) is 3.25. The molecule has 1 aromatic rings. The lowest BCUT2D eigenvalue weighted by molar-refractivity contribution is -0.115. The highest BCUT2D eigenvalue weighted by Gasteiger charge is 2.21. The highest BCUT2D eigenvalue weighted by atomic mass is 16.2. The maximum absolute atomic E-state index is 12.1. The molecule has 114 valence electrons. The van der Waals surface area contributed by atoms with E-state index in [0.29, 0.717) is 29.8 Å². The van der Waals surface area contributed by atoms with Crippen LogP contribution < -0.4 is 16.0 Å². The Balaban J connectivity index is 1.94. The molecule has 0 radical (unpaired) electrons. The molecule has 0 spiro atoms. The molecule has 21 heavy (non-hydrogen) atoms. The summed E-state index contributed by atoms with van der Waals surface area (Å²) in [4.78, 5) is 24.0. The van der Waals surface area contributed by atoms with Crippen LogP contribution in [-0.2, 0) is 4.79 Å². The average molecular weight is 289 g/mol. The van der Waals surface area contributed by atoms with Crippen molar-refractivity contribution in [1.82, 2.24) is 10.6 Å². The molecule has 1 saturated carbocycles. The molecule has 0 heterocycles. The first-order valence-electron chi connectivity index (χ1n) is 7.46. The molecule has 1 fully saturated rings. The summed E-state index contributed by atoms with van der Waals surface area (Å²) in [7, 11) is 0. The van der Waals surface area contributed by atoms with E-state index < -0.39 is 0 Å². The van der Waals surface area contributed by atoms with E-state index in [2.05, 4.69) is 16.0 Å². The Labute approximate surface area is 125 Å². The van der Waals surface area contributed by atoms with E-state index in [1.165, 1.54) is 0 Å². The van der Waals surface area contributed by atoms with E-state index in [1.54, 1.807) is 18.2 Å². The lowest BCUT2D eigenvalue weighted by Crippen LogP contribution is -2.31. The molecule has 0 aliphatic heterocycles. The fourth-order valence-electron chi connectivity index (χ4n) is 1.90. The van der Waals surface area contributed by atoms with Gasteiger partial charge in [-0.25, -0.2) is 0 Å². The first kappa shape index (κ1) is 15.5. The number of carbonyl (C=O) groups excluding carboxylic acids is 2. The van der Waals surface area contributed by atoms with E-state index in [1.807, 2.05) is 19.9 Å². The van der Waals surface area contributed by atoms with Gasteiger partial charge in [0.05, 0.1) is 17.8 Å². The third-order valence-electron chi connectivity index (χ3n) is 3.25. The molecule has 3 N–H and O–H groups in total. The molecule has 5 nitrogen and oxygen atoms in total. The van der Waals surface area contributed by atoms with Gasteiger partial charge in [-0.2, -0.15) is 0 Å². The van der Waals surface area contributed by atoms with Gasteiger partial charge in [0, 0.05) is 12.6 Å². The molecule has 0 unspecified atom stereocenters. The van der Waals surface area contributed by atoms with E-state index in [9.17, 15) is 9.59 Å². The monoisotopic (exact) mass is 289 g/mol. The second-order valence-corrected chi connectivity index (χ2v) is 5.85. The summed E-state index contributed by atoms with van der Waals surface area (Å²) in [6.07, 6.45) is 2.28. The van der Waals surface area contributed by atoms with E-state index in [4.69, 9.17) is 0 Å². The van der Waals surface area contributed by atoms with Crippen molar-refractivity contribution in [2.24, 2.45) is 5.92 Å². The van der Waals surface area contributed by atoms with Crippen LogP contribution in [-0.4, -0.2) is 30.9 Å². The number of carbonyl (C=O) groups is 2. The molecular weight excluding hydrogens is 266 g/mol. The minimum Gasteiger partial charge on any atom is -0.352 e. The first-order chi connectivity index (χ1) is 10.1. The zero-order chi connectivity index (χ0) is 15.2. The lowest BCUT2D eigenvalue weighted by Gasteiger charge is -2.12. The molecule has 2 amide bonds. The lowest BCUT2D eigenvalue weighted by atomic mass is 10.1. The largest absolute Gasteiger partial charge is 0.352 e. The number of hydrogen-bond acceptors (Lipinski definition) is 3. The van der Waals surface area contributed by atoms with Crippen molar-refractivity contribution >= 4 is 17.5 Å². The summed E-state index contributed by atoms with van der Waals surface area (Å²) in [5.74, 6) is 0.110. The second-order valence-electron chi connectivity index (χ2n) is 5.85. The highest BCUT2D eigenvalue weighted by molar-refractivity contribution is 6.04. The second kappa shape index (κ2) is 7.22. The number of amides is 2. The van der Waals surface area contributed by atoms with Gasteiger partial charge in [-0.1, -0.05) is 26.0 Å². The Morgan fingerprint density at radius 2 is 1.95 bits per heavy atom. The molecule has 2 rings (SSSR count). The van der Waals surface area contributed by atoms with Crippen LogP contribution in [0.1, 0.15) is 37.0 Å². The van der Waals surface area contributed by atoms with Crippen LogP contribution in [0.25, 0.3) is 0 Å². The van der Waals surface area contributed by atoms with Gasteiger partial charge >= 0.3 is 0 Å². The number of rotatable bonds is 7. The van der Waals surface area contributed by atoms with Gasteiger partial charge in [-0.05, 0) is 30.9 Å². The van der Waals surface area contributed by atoms with E-state index in [0.717, 1.165) is 12.8 Å². The summed E-state index contributed by atoms with van der Waals surface area (Å²) >= 11 is 0. The molecule has 0 aromatic heterocycles. The summed E-state index contributed by atoms with van der Waals surface area (Å²) in [5, 5.41) is 8.82. The molecule has 1 aliphatic carbocycles. The molecular formula is C16H23N3O2. The van der Waals surface area contributed by atoms with Crippen molar-refractivity contribution in [1.29, 1.82) is 0 Å². The minimum absolute atomic E-state index is 0.119. The van der Waals surface area contributed by atoms with Gasteiger partial charge in [0.25, 0.3) is 5.91 Å². The van der Waals surface area contributed by atoms with Crippen LogP contribution >= 0.6 is 0 Å². The molecule has 1 aromatic carbocycles.